The smallest absolute Gasteiger partial charge is 0.152 e. The average molecular weight is 331 g/mol. The van der Waals surface area contributed by atoms with Gasteiger partial charge in [-0.25, -0.2) is 4.98 Å². The van der Waals surface area contributed by atoms with Crippen molar-refractivity contribution in [1.29, 1.82) is 0 Å². The molecule has 0 saturated heterocycles. The Balaban J connectivity index is 1.92. The lowest BCUT2D eigenvalue weighted by Gasteiger charge is -2.08. The topological polar surface area (TPSA) is 26.5 Å². The minimum Gasteiger partial charge on any atom is -0.486 e. The van der Waals surface area contributed by atoms with E-state index in [2.05, 4.69) is 51.3 Å². The highest BCUT2D eigenvalue weighted by atomic mass is 79.9. The summed E-state index contributed by atoms with van der Waals surface area (Å²) in [4.78, 5) is 4.54. The lowest BCUT2D eigenvalue weighted by atomic mass is 10.2. The van der Waals surface area contributed by atoms with Gasteiger partial charge in [-0.2, -0.15) is 0 Å². The van der Waals surface area contributed by atoms with E-state index in [1.807, 2.05) is 30.3 Å². The van der Waals surface area contributed by atoms with Crippen LogP contribution in [0.4, 0.5) is 0 Å². The van der Waals surface area contributed by atoms with Crippen molar-refractivity contribution >= 4 is 21.4 Å². The molecule has 4 heteroatoms. The van der Waals surface area contributed by atoms with Gasteiger partial charge in [0.2, 0.25) is 0 Å². The summed E-state index contributed by atoms with van der Waals surface area (Å²) in [5, 5.41) is 0. The maximum Gasteiger partial charge on any atom is 0.152 e. The van der Waals surface area contributed by atoms with Crippen LogP contribution in [0.15, 0.2) is 47.1 Å². The van der Waals surface area contributed by atoms with Crippen molar-refractivity contribution in [2.45, 2.75) is 20.5 Å². The van der Waals surface area contributed by atoms with E-state index in [-0.39, 0.29) is 0 Å². The summed E-state index contributed by atoms with van der Waals surface area (Å²) in [6.07, 6.45) is 0. The molecular formula is C16H15BrN2O. The second kappa shape index (κ2) is 5.29. The molecule has 1 aromatic carbocycles. The van der Waals surface area contributed by atoms with E-state index in [9.17, 15) is 0 Å². The molecule has 2 aromatic heterocycles. The first-order valence-corrected chi connectivity index (χ1v) is 7.26. The van der Waals surface area contributed by atoms with Gasteiger partial charge in [-0.3, -0.25) is 4.40 Å². The Kier molecular flexibility index (Phi) is 3.49. The third-order valence-corrected chi connectivity index (χ3v) is 3.82. The van der Waals surface area contributed by atoms with Crippen LogP contribution in [0, 0.1) is 13.8 Å². The molecule has 102 valence electrons. The van der Waals surface area contributed by atoms with E-state index in [0.29, 0.717) is 6.61 Å². The zero-order valence-electron chi connectivity index (χ0n) is 11.4. The van der Waals surface area contributed by atoms with E-state index >= 15 is 0 Å². The predicted octanol–water partition coefficient (Wildman–Crippen LogP) is 4.29. The molecule has 0 aliphatic carbocycles. The number of pyridine rings is 1. The maximum absolute atomic E-state index is 5.85. The van der Waals surface area contributed by atoms with Crippen molar-refractivity contribution in [1.82, 2.24) is 9.38 Å². The first-order chi connectivity index (χ1) is 9.65. The van der Waals surface area contributed by atoms with Crippen LogP contribution in [0.2, 0.25) is 0 Å². The molecule has 0 spiro atoms. The van der Waals surface area contributed by atoms with E-state index in [0.717, 1.165) is 27.4 Å². The maximum atomic E-state index is 5.85. The number of aromatic nitrogens is 2. The molecule has 0 aliphatic heterocycles. The average Bonchev–Trinajstić information content (AvgIpc) is 2.75. The summed E-state index contributed by atoms with van der Waals surface area (Å²) < 4.78 is 8.81. The SMILES string of the molecule is Cc1cccc(OCc2nc(Br)c3cccc(C)n23)c1. The molecule has 0 unspecified atom stereocenters. The number of hydrogen-bond donors (Lipinski definition) is 0. The lowest BCUT2D eigenvalue weighted by Crippen LogP contribution is -2.03. The zero-order chi connectivity index (χ0) is 14.1. The van der Waals surface area contributed by atoms with Crippen molar-refractivity contribution in [2.24, 2.45) is 0 Å². The number of rotatable bonds is 3. The summed E-state index contributed by atoms with van der Waals surface area (Å²) in [6, 6.07) is 14.2. The Morgan fingerprint density at radius 1 is 1.15 bits per heavy atom. The monoisotopic (exact) mass is 330 g/mol. The summed E-state index contributed by atoms with van der Waals surface area (Å²) >= 11 is 3.50. The molecule has 3 aromatic rings. The number of halogens is 1. The van der Waals surface area contributed by atoms with Gasteiger partial charge < -0.3 is 4.74 Å². The fourth-order valence-corrected chi connectivity index (χ4v) is 2.81. The Hall–Kier alpha value is -1.81. The molecule has 0 fully saturated rings. The van der Waals surface area contributed by atoms with Crippen LogP contribution >= 0.6 is 15.9 Å². The number of benzene rings is 1. The highest BCUT2D eigenvalue weighted by Gasteiger charge is 2.11. The van der Waals surface area contributed by atoms with Crippen LogP contribution in [0.5, 0.6) is 5.75 Å². The van der Waals surface area contributed by atoms with Crippen LogP contribution in [0.25, 0.3) is 5.52 Å². The number of imidazole rings is 1. The third-order valence-electron chi connectivity index (χ3n) is 3.24. The minimum atomic E-state index is 0.446. The first kappa shape index (κ1) is 13.2. The molecule has 0 N–H and O–H groups in total. The van der Waals surface area contributed by atoms with Gasteiger partial charge in [0, 0.05) is 5.69 Å². The summed E-state index contributed by atoms with van der Waals surface area (Å²) in [5.74, 6) is 1.76. The fourth-order valence-electron chi connectivity index (χ4n) is 2.29. The summed E-state index contributed by atoms with van der Waals surface area (Å²) in [7, 11) is 0. The van der Waals surface area contributed by atoms with Crippen LogP contribution < -0.4 is 4.74 Å². The molecule has 3 rings (SSSR count). The molecule has 0 aliphatic rings. The number of ether oxygens (including phenoxy) is 1. The number of aryl methyl sites for hydroxylation is 2. The van der Waals surface area contributed by atoms with Crippen molar-refractivity contribution in [2.75, 3.05) is 0 Å². The highest BCUT2D eigenvalue weighted by Crippen LogP contribution is 2.22. The van der Waals surface area contributed by atoms with Gasteiger partial charge in [0.25, 0.3) is 0 Å². The van der Waals surface area contributed by atoms with Crippen molar-refractivity contribution in [3.05, 3.63) is 64.1 Å². The predicted molar refractivity (Wildman–Crippen MR) is 83.1 cm³/mol. The van der Waals surface area contributed by atoms with Gasteiger partial charge in [-0.1, -0.05) is 18.2 Å². The fraction of sp³-hybridized carbons (Fsp3) is 0.188. The first-order valence-electron chi connectivity index (χ1n) is 6.47. The zero-order valence-corrected chi connectivity index (χ0v) is 13.0. The highest BCUT2D eigenvalue weighted by molar-refractivity contribution is 9.10. The Morgan fingerprint density at radius 3 is 2.75 bits per heavy atom. The normalized spacial score (nSPS) is 10.9. The van der Waals surface area contributed by atoms with Crippen molar-refractivity contribution in [3.63, 3.8) is 0 Å². The number of nitrogens with zero attached hydrogens (tertiary/aromatic N) is 2. The molecule has 0 bridgehead atoms. The van der Waals surface area contributed by atoms with Crippen LogP contribution in [-0.4, -0.2) is 9.38 Å². The summed E-state index contributed by atoms with van der Waals surface area (Å²) in [6.45, 7) is 4.57. The van der Waals surface area contributed by atoms with Crippen LogP contribution in [0.3, 0.4) is 0 Å². The number of fused-ring (bicyclic) bond motifs is 1. The van der Waals surface area contributed by atoms with Gasteiger partial charge in [0.15, 0.2) is 5.82 Å². The lowest BCUT2D eigenvalue weighted by molar-refractivity contribution is 0.294. The Labute approximate surface area is 126 Å². The molecule has 0 amide bonds. The minimum absolute atomic E-state index is 0.446. The number of hydrogen-bond acceptors (Lipinski definition) is 2. The van der Waals surface area contributed by atoms with Crippen molar-refractivity contribution in [3.8, 4) is 5.75 Å². The molecule has 2 heterocycles. The van der Waals surface area contributed by atoms with E-state index in [1.54, 1.807) is 0 Å². The van der Waals surface area contributed by atoms with Gasteiger partial charge in [-0.05, 0) is 59.6 Å². The van der Waals surface area contributed by atoms with Crippen LogP contribution in [0.1, 0.15) is 17.1 Å². The molecule has 3 nitrogen and oxygen atoms in total. The molecule has 0 saturated carbocycles. The van der Waals surface area contributed by atoms with Gasteiger partial charge >= 0.3 is 0 Å². The molecule has 20 heavy (non-hydrogen) atoms. The molecule has 0 atom stereocenters. The standard InChI is InChI=1S/C16H15BrN2O/c1-11-5-3-7-13(9-11)20-10-15-18-16(17)14-8-4-6-12(2)19(14)15/h3-9H,10H2,1-2H3. The van der Waals surface area contributed by atoms with Gasteiger partial charge in [-0.15, -0.1) is 0 Å². The molecule has 0 radical (unpaired) electrons. The third kappa shape index (κ3) is 2.43. The van der Waals surface area contributed by atoms with Crippen molar-refractivity contribution < 1.29 is 4.74 Å². The Morgan fingerprint density at radius 2 is 1.95 bits per heavy atom. The quantitative estimate of drug-likeness (QED) is 0.716. The van der Waals surface area contributed by atoms with Gasteiger partial charge in [0.1, 0.15) is 17.0 Å². The van der Waals surface area contributed by atoms with Crippen LogP contribution in [-0.2, 0) is 6.61 Å². The van der Waals surface area contributed by atoms with E-state index in [1.165, 1.54) is 5.56 Å². The van der Waals surface area contributed by atoms with E-state index < -0.39 is 0 Å². The molecular weight excluding hydrogens is 316 g/mol. The van der Waals surface area contributed by atoms with Gasteiger partial charge in [0.05, 0.1) is 5.52 Å². The summed E-state index contributed by atoms with van der Waals surface area (Å²) in [5.41, 5.74) is 3.39. The van der Waals surface area contributed by atoms with E-state index in [4.69, 9.17) is 4.74 Å². The second-order valence-corrected chi connectivity index (χ2v) is 5.56. The second-order valence-electron chi connectivity index (χ2n) is 4.81. The largest absolute Gasteiger partial charge is 0.486 e. The Bertz CT molecular complexity index is 764.